The first kappa shape index (κ1) is 19.0. The summed E-state index contributed by atoms with van der Waals surface area (Å²) in [4.78, 5) is 8.18. The highest BCUT2D eigenvalue weighted by molar-refractivity contribution is 7.19. The minimum atomic E-state index is 0. The zero-order valence-electron chi connectivity index (χ0n) is 16.1. The Morgan fingerprint density at radius 2 is 1.59 bits per heavy atom. The molecule has 0 radical (unpaired) electrons. The standard InChI is InChI=1S/C24H27NS.ClH/c1-16-9-8-10-17(15-16)22-18-11-4-2-3-5-13-20(18)25-24-23(22)19-12-6-7-14-21(19)26-24;/h8-10,15H,2-7,11-14H2,1H3;1H/p-1. The Hall–Kier alpha value is -1.38. The summed E-state index contributed by atoms with van der Waals surface area (Å²) < 4.78 is 0. The second kappa shape index (κ2) is 7.93. The molecule has 3 aromatic rings. The minimum absolute atomic E-state index is 0. The van der Waals surface area contributed by atoms with E-state index in [1.54, 1.807) is 16.0 Å². The molecule has 3 heteroatoms. The number of hydrogen-bond donors (Lipinski definition) is 0. The zero-order valence-corrected chi connectivity index (χ0v) is 17.7. The lowest BCUT2D eigenvalue weighted by Gasteiger charge is -2.20. The van der Waals surface area contributed by atoms with Crippen LogP contribution in [0.5, 0.6) is 0 Å². The highest BCUT2D eigenvalue weighted by Crippen LogP contribution is 2.44. The molecule has 2 aliphatic carbocycles. The maximum Gasteiger partial charge on any atom is 0.124 e. The summed E-state index contributed by atoms with van der Waals surface area (Å²) in [6.45, 7) is 2.22. The zero-order chi connectivity index (χ0) is 17.5. The fourth-order valence-corrected chi connectivity index (χ4v) is 6.21. The molecule has 0 saturated heterocycles. The molecule has 0 atom stereocenters. The van der Waals surface area contributed by atoms with E-state index < -0.39 is 0 Å². The van der Waals surface area contributed by atoms with Gasteiger partial charge in [-0.3, -0.25) is 0 Å². The van der Waals surface area contributed by atoms with Crippen LogP contribution in [-0.2, 0) is 25.7 Å². The molecule has 0 bridgehead atoms. The van der Waals surface area contributed by atoms with Crippen molar-refractivity contribution in [1.82, 2.24) is 4.98 Å². The highest BCUT2D eigenvalue weighted by atomic mass is 35.5. The van der Waals surface area contributed by atoms with Crippen LogP contribution in [0.1, 0.15) is 65.8 Å². The van der Waals surface area contributed by atoms with Crippen LogP contribution in [0, 0.1) is 6.92 Å². The first-order valence-corrected chi connectivity index (χ1v) is 11.2. The van der Waals surface area contributed by atoms with Crippen LogP contribution in [-0.4, -0.2) is 4.98 Å². The number of thiophene rings is 1. The van der Waals surface area contributed by atoms with E-state index in [0.717, 1.165) is 6.42 Å². The summed E-state index contributed by atoms with van der Waals surface area (Å²) >= 11 is 1.99. The van der Waals surface area contributed by atoms with Crippen molar-refractivity contribution in [2.45, 2.75) is 71.1 Å². The second-order valence-electron chi connectivity index (χ2n) is 8.09. The van der Waals surface area contributed by atoms with Gasteiger partial charge in [0.15, 0.2) is 0 Å². The van der Waals surface area contributed by atoms with E-state index in [0.29, 0.717) is 0 Å². The Morgan fingerprint density at radius 1 is 0.852 bits per heavy atom. The molecule has 0 unspecified atom stereocenters. The van der Waals surface area contributed by atoms with Crippen molar-refractivity contribution in [3.63, 3.8) is 0 Å². The van der Waals surface area contributed by atoms with Crippen LogP contribution in [0.25, 0.3) is 21.3 Å². The third-order valence-corrected chi connectivity index (χ3v) is 7.37. The van der Waals surface area contributed by atoms with Gasteiger partial charge in [-0.05, 0) is 80.5 Å². The molecule has 2 heterocycles. The van der Waals surface area contributed by atoms with Crippen LogP contribution < -0.4 is 12.4 Å². The Bertz CT molecular complexity index is 972. The van der Waals surface area contributed by atoms with Crippen molar-refractivity contribution in [1.29, 1.82) is 0 Å². The SMILES string of the molecule is Cc1cccc(-c2c3c(nc4sc5c(c24)CCCC5)CCCCCC3)c1.[Cl-]. The maximum atomic E-state index is 5.25. The van der Waals surface area contributed by atoms with E-state index >= 15 is 0 Å². The van der Waals surface area contributed by atoms with Crippen LogP contribution >= 0.6 is 11.3 Å². The summed E-state index contributed by atoms with van der Waals surface area (Å²) in [5, 5.41) is 1.51. The summed E-state index contributed by atoms with van der Waals surface area (Å²) in [6, 6.07) is 9.16. The smallest absolute Gasteiger partial charge is 0.124 e. The number of aryl methyl sites for hydroxylation is 4. The van der Waals surface area contributed by atoms with Gasteiger partial charge < -0.3 is 12.4 Å². The number of fused-ring (bicyclic) bond motifs is 4. The monoisotopic (exact) mass is 396 g/mol. The van der Waals surface area contributed by atoms with E-state index in [9.17, 15) is 0 Å². The number of halogens is 1. The van der Waals surface area contributed by atoms with Gasteiger partial charge in [-0.1, -0.05) is 42.7 Å². The van der Waals surface area contributed by atoms with Crippen molar-refractivity contribution >= 4 is 21.6 Å². The lowest BCUT2D eigenvalue weighted by atomic mass is 9.86. The van der Waals surface area contributed by atoms with Crippen LogP contribution in [0.2, 0.25) is 0 Å². The molecule has 0 N–H and O–H groups in total. The van der Waals surface area contributed by atoms with E-state index in [4.69, 9.17) is 4.98 Å². The van der Waals surface area contributed by atoms with Gasteiger partial charge in [0.1, 0.15) is 4.83 Å². The molecule has 1 nitrogen and oxygen atoms in total. The summed E-state index contributed by atoms with van der Waals surface area (Å²) in [6.07, 6.45) is 12.9. The van der Waals surface area contributed by atoms with Crippen molar-refractivity contribution in [2.24, 2.45) is 0 Å². The summed E-state index contributed by atoms with van der Waals surface area (Å²) in [5.41, 5.74) is 8.90. The lowest BCUT2D eigenvalue weighted by molar-refractivity contribution is -0.00000523. The van der Waals surface area contributed by atoms with Gasteiger partial charge >= 0.3 is 0 Å². The molecule has 0 fully saturated rings. The highest BCUT2D eigenvalue weighted by Gasteiger charge is 2.24. The van der Waals surface area contributed by atoms with E-state index in [-0.39, 0.29) is 12.4 Å². The predicted molar refractivity (Wildman–Crippen MR) is 112 cm³/mol. The molecule has 0 amide bonds. The number of pyridine rings is 1. The molecular weight excluding hydrogens is 370 g/mol. The number of benzene rings is 1. The quantitative estimate of drug-likeness (QED) is 0.609. The van der Waals surface area contributed by atoms with Gasteiger partial charge in [-0.2, -0.15) is 0 Å². The van der Waals surface area contributed by atoms with E-state index in [1.807, 2.05) is 11.3 Å². The van der Waals surface area contributed by atoms with Crippen molar-refractivity contribution < 1.29 is 12.4 Å². The first-order valence-electron chi connectivity index (χ1n) is 10.3. The fraction of sp³-hybridized carbons (Fsp3) is 0.458. The third-order valence-electron chi connectivity index (χ3n) is 6.19. The second-order valence-corrected chi connectivity index (χ2v) is 9.17. The summed E-state index contributed by atoms with van der Waals surface area (Å²) in [7, 11) is 0. The molecular formula is C24H27ClNS-. The van der Waals surface area contributed by atoms with Gasteiger partial charge in [-0.15, -0.1) is 11.3 Å². The Morgan fingerprint density at radius 3 is 2.44 bits per heavy atom. The fourth-order valence-electron chi connectivity index (χ4n) is 4.92. The maximum absolute atomic E-state index is 5.25. The van der Waals surface area contributed by atoms with Crippen LogP contribution in [0.3, 0.4) is 0 Å². The van der Waals surface area contributed by atoms with E-state index in [1.165, 1.54) is 90.4 Å². The Balaban J connectivity index is 0.00000180. The molecule has 1 aromatic carbocycles. The van der Waals surface area contributed by atoms with Crippen molar-refractivity contribution in [2.75, 3.05) is 0 Å². The van der Waals surface area contributed by atoms with Gasteiger partial charge in [0.25, 0.3) is 0 Å². The lowest BCUT2D eigenvalue weighted by Crippen LogP contribution is -3.00. The van der Waals surface area contributed by atoms with Gasteiger partial charge in [-0.25, -0.2) is 4.98 Å². The largest absolute Gasteiger partial charge is 1.00 e. The molecule has 0 saturated carbocycles. The molecule has 5 rings (SSSR count). The average Bonchev–Trinajstić information content (AvgIpc) is 2.99. The molecule has 2 aliphatic rings. The molecule has 0 spiro atoms. The van der Waals surface area contributed by atoms with Gasteiger partial charge in [0, 0.05) is 16.0 Å². The average molecular weight is 397 g/mol. The number of rotatable bonds is 1. The Labute approximate surface area is 172 Å². The summed E-state index contributed by atoms with van der Waals surface area (Å²) in [5.74, 6) is 0. The molecule has 2 aromatic heterocycles. The minimum Gasteiger partial charge on any atom is -1.00 e. The van der Waals surface area contributed by atoms with Crippen molar-refractivity contribution in [3.05, 3.63) is 51.5 Å². The third kappa shape index (κ3) is 3.43. The van der Waals surface area contributed by atoms with Crippen LogP contribution in [0.4, 0.5) is 0 Å². The van der Waals surface area contributed by atoms with Crippen molar-refractivity contribution in [3.8, 4) is 11.1 Å². The molecule has 27 heavy (non-hydrogen) atoms. The van der Waals surface area contributed by atoms with Gasteiger partial charge in [0.2, 0.25) is 0 Å². The Kier molecular flexibility index (Phi) is 5.57. The van der Waals surface area contributed by atoms with Crippen LogP contribution in [0.15, 0.2) is 24.3 Å². The topological polar surface area (TPSA) is 12.9 Å². The first-order chi connectivity index (χ1) is 12.8. The molecule has 142 valence electrons. The number of hydrogen-bond acceptors (Lipinski definition) is 2. The predicted octanol–water partition coefficient (Wildman–Crippen LogP) is 3.81. The van der Waals surface area contributed by atoms with Gasteiger partial charge in [0.05, 0.1) is 0 Å². The van der Waals surface area contributed by atoms with E-state index in [2.05, 4.69) is 31.2 Å². The normalized spacial score (nSPS) is 16.8. The number of aromatic nitrogens is 1. The molecule has 0 aliphatic heterocycles. The number of nitrogens with zero attached hydrogens (tertiary/aromatic N) is 1.